The second kappa shape index (κ2) is 8.50. The second-order valence-corrected chi connectivity index (χ2v) is 6.90. The fraction of sp³-hybridized carbons (Fsp3) is 0.588. The van der Waals surface area contributed by atoms with Gasteiger partial charge in [-0.25, -0.2) is 0 Å². The Morgan fingerprint density at radius 3 is 2.58 bits per heavy atom. The lowest BCUT2D eigenvalue weighted by atomic mass is 9.74. The van der Waals surface area contributed by atoms with Crippen LogP contribution in [0.2, 0.25) is 5.02 Å². The summed E-state index contributed by atoms with van der Waals surface area (Å²) in [6.45, 7) is 2.44. The lowest BCUT2D eigenvalue weighted by Gasteiger charge is -2.38. The number of benzene rings is 1. The normalized spacial score (nSPS) is 25.8. The van der Waals surface area contributed by atoms with Crippen molar-refractivity contribution in [3.8, 4) is 0 Å². The van der Waals surface area contributed by atoms with E-state index >= 15 is 0 Å². The molecule has 5 nitrogen and oxygen atoms in total. The number of carbonyl (C=O) groups is 1. The molecular weight excluding hydrogens is 351 g/mol. The summed E-state index contributed by atoms with van der Waals surface area (Å²) < 4.78 is 5.51. The summed E-state index contributed by atoms with van der Waals surface area (Å²) in [4.78, 5) is 12.3. The Morgan fingerprint density at radius 2 is 2.00 bits per heavy atom. The van der Waals surface area contributed by atoms with Crippen molar-refractivity contribution in [2.45, 2.75) is 36.8 Å². The van der Waals surface area contributed by atoms with Gasteiger partial charge in [-0.05, 0) is 37.0 Å². The Morgan fingerprint density at radius 1 is 1.33 bits per heavy atom. The van der Waals surface area contributed by atoms with Crippen molar-refractivity contribution in [1.82, 2.24) is 10.6 Å². The lowest BCUT2D eigenvalue weighted by molar-refractivity contribution is -0.123. The van der Waals surface area contributed by atoms with Gasteiger partial charge < -0.3 is 20.5 Å². The van der Waals surface area contributed by atoms with Crippen molar-refractivity contribution < 1.29 is 14.6 Å². The maximum Gasteiger partial charge on any atom is 0.237 e. The van der Waals surface area contributed by atoms with Gasteiger partial charge in [-0.2, -0.15) is 0 Å². The highest BCUT2D eigenvalue weighted by Gasteiger charge is 2.36. The van der Waals surface area contributed by atoms with Gasteiger partial charge in [0.25, 0.3) is 0 Å². The van der Waals surface area contributed by atoms with Crippen LogP contribution in [-0.2, 0) is 14.9 Å². The number of ether oxygens (including phenoxy) is 1. The zero-order valence-corrected chi connectivity index (χ0v) is 15.0. The quantitative estimate of drug-likeness (QED) is 0.749. The summed E-state index contributed by atoms with van der Waals surface area (Å²) in [6.07, 6.45) is 1.78. The van der Waals surface area contributed by atoms with E-state index in [1.165, 1.54) is 5.56 Å². The Labute approximate surface area is 153 Å². The van der Waals surface area contributed by atoms with Crippen LogP contribution in [0.1, 0.15) is 24.8 Å². The van der Waals surface area contributed by atoms with Crippen LogP contribution >= 0.6 is 24.0 Å². The third-order valence-corrected chi connectivity index (χ3v) is 5.18. The molecule has 0 bridgehead atoms. The molecule has 2 aliphatic heterocycles. The minimum Gasteiger partial charge on any atom is -0.392 e. The first kappa shape index (κ1) is 19.5. The number of nitrogens with one attached hydrogen (secondary N) is 2. The van der Waals surface area contributed by atoms with E-state index in [0.717, 1.165) is 12.8 Å². The van der Waals surface area contributed by atoms with Gasteiger partial charge in [-0.1, -0.05) is 23.7 Å². The van der Waals surface area contributed by atoms with Crippen molar-refractivity contribution in [2.24, 2.45) is 0 Å². The molecule has 3 rings (SSSR count). The number of aliphatic hydroxyl groups is 1. The molecule has 0 radical (unpaired) electrons. The summed E-state index contributed by atoms with van der Waals surface area (Å²) in [5, 5.41) is 16.4. The van der Waals surface area contributed by atoms with Crippen LogP contribution in [0.3, 0.4) is 0 Å². The zero-order chi connectivity index (χ0) is 16.3. The van der Waals surface area contributed by atoms with Crippen molar-refractivity contribution in [1.29, 1.82) is 0 Å². The molecule has 2 atom stereocenters. The Balaban J connectivity index is 0.00000208. The van der Waals surface area contributed by atoms with Gasteiger partial charge in [0, 0.05) is 36.7 Å². The number of aliphatic hydroxyl groups excluding tert-OH is 1. The van der Waals surface area contributed by atoms with Gasteiger partial charge >= 0.3 is 0 Å². The SMILES string of the molecule is Cl.O=C(NCC1(c2ccc(Cl)cc2)CCOCC1)C1CC(O)CN1. The molecule has 1 amide bonds. The van der Waals surface area contributed by atoms with Gasteiger partial charge in [-0.3, -0.25) is 4.79 Å². The van der Waals surface area contributed by atoms with E-state index in [-0.39, 0.29) is 29.8 Å². The van der Waals surface area contributed by atoms with Gasteiger partial charge in [0.05, 0.1) is 12.1 Å². The molecule has 0 aliphatic carbocycles. The van der Waals surface area contributed by atoms with E-state index in [0.29, 0.717) is 37.7 Å². The Hall–Kier alpha value is -0.850. The molecule has 2 fully saturated rings. The minimum absolute atomic E-state index is 0. The molecule has 1 aromatic carbocycles. The van der Waals surface area contributed by atoms with E-state index < -0.39 is 6.10 Å². The van der Waals surface area contributed by atoms with Gasteiger partial charge in [0.15, 0.2) is 0 Å². The maximum absolute atomic E-state index is 12.3. The number of halogens is 2. The van der Waals surface area contributed by atoms with Crippen LogP contribution in [0.15, 0.2) is 24.3 Å². The highest BCUT2D eigenvalue weighted by atomic mass is 35.5. The molecule has 1 aromatic rings. The van der Waals surface area contributed by atoms with E-state index in [2.05, 4.69) is 10.6 Å². The third kappa shape index (κ3) is 4.41. The summed E-state index contributed by atoms with van der Waals surface area (Å²) in [6, 6.07) is 7.57. The van der Waals surface area contributed by atoms with Crippen LogP contribution in [0, 0.1) is 0 Å². The van der Waals surface area contributed by atoms with Crippen molar-refractivity contribution in [3.05, 3.63) is 34.9 Å². The smallest absolute Gasteiger partial charge is 0.237 e. The number of β-amino-alcohol motifs (C(OH)–C–C–N with tert-alkyl or cyclic N) is 1. The summed E-state index contributed by atoms with van der Waals surface area (Å²) in [7, 11) is 0. The zero-order valence-electron chi connectivity index (χ0n) is 13.5. The highest BCUT2D eigenvalue weighted by molar-refractivity contribution is 6.30. The molecule has 2 saturated heterocycles. The number of amides is 1. The van der Waals surface area contributed by atoms with Crippen molar-refractivity contribution >= 4 is 29.9 Å². The van der Waals surface area contributed by atoms with E-state index in [9.17, 15) is 9.90 Å². The molecule has 0 aromatic heterocycles. The van der Waals surface area contributed by atoms with Gasteiger partial charge in [-0.15, -0.1) is 12.4 Å². The largest absolute Gasteiger partial charge is 0.392 e. The molecular formula is C17H24Cl2N2O3. The average molecular weight is 375 g/mol. The summed E-state index contributed by atoms with van der Waals surface area (Å²) in [5.74, 6) is -0.0404. The minimum atomic E-state index is -0.431. The monoisotopic (exact) mass is 374 g/mol. The number of carbonyl (C=O) groups excluding carboxylic acids is 1. The van der Waals surface area contributed by atoms with Crippen molar-refractivity contribution in [2.75, 3.05) is 26.3 Å². The van der Waals surface area contributed by atoms with Gasteiger partial charge in [0.2, 0.25) is 5.91 Å². The van der Waals surface area contributed by atoms with Crippen LogP contribution < -0.4 is 10.6 Å². The second-order valence-electron chi connectivity index (χ2n) is 6.47. The molecule has 2 aliphatic rings. The van der Waals surface area contributed by atoms with Gasteiger partial charge in [0.1, 0.15) is 0 Å². The molecule has 7 heteroatoms. The van der Waals surface area contributed by atoms with Crippen LogP contribution in [0.4, 0.5) is 0 Å². The molecule has 134 valence electrons. The first-order valence-electron chi connectivity index (χ1n) is 8.12. The van der Waals surface area contributed by atoms with Crippen LogP contribution in [-0.4, -0.2) is 49.5 Å². The van der Waals surface area contributed by atoms with Crippen LogP contribution in [0.25, 0.3) is 0 Å². The average Bonchev–Trinajstić information content (AvgIpc) is 3.01. The lowest BCUT2D eigenvalue weighted by Crippen LogP contribution is -2.48. The predicted octanol–water partition coefficient (Wildman–Crippen LogP) is 1.65. The van der Waals surface area contributed by atoms with E-state index in [4.69, 9.17) is 16.3 Å². The molecule has 0 saturated carbocycles. The number of hydrogen-bond acceptors (Lipinski definition) is 4. The fourth-order valence-electron chi connectivity index (χ4n) is 3.43. The Bertz CT molecular complexity index is 547. The molecule has 0 spiro atoms. The van der Waals surface area contributed by atoms with E-state index in [1.54, 1.807) is 0 Å². The summed E-state index contributed by atoms with van der Waals surface area (Å²) in [5.41, 5.74) is 1.07. The maximum atomic E-state index is 12.3. The summed E-state index contributed by atoms with van der Waals surface area (Å²) >= 11 is 6.00. The Kier molecular flexibility index (Phi) is 6.89. The molecule has 2 unspecified atom stereocenters. The fourth-order valence-corrected chi connectivity index (χ4v) is 3.56. The number of rotatable bonds is 4. The number of hydrogen-bond donors (Lipinski definition) is 3. The van der Waals surface area contributed by atoms with E-state index in [1.807, 2.05) is 24.3 Å². The molecule has 2 heterocycles. The molecule has 3 N–H and O–H groups in total. The van der Waals surface area contributed by atoms with Crippen molar-refractivity contribution in [3.63, 3.8) is 0 Å². The molecule has 24 heavy (non-hydrogen) atoms. The van der Waals surface area contributed by atoms with Crippen LogP contribution in [0.5, 0.6) is 0 Å². The topological polar surface area (TPSA) is 70.6 Å². The third-order valence-electron chi connectivity index (χ3n) is 4.93. The standard InChI is InChI=1S/C17H23ClN2O3.ClH/c18-13-3-1-12(2-4-13)17(5-7-23-8-6-17)11-20-16(22)15-9-14(21)10-19-15;/h1-4,14-15,19,21H,5-11H2,(H,20,22);1H. The first-order valence-corrected chi connectivity index (χ1v) is 8.50. The first-order chi connectivity index (χ1) is 11.1. The highest BCUT2D eigenvalue weighted by Crippen LogP contribution is 2.35. The predicted molar refractivity (Wildman–Crippen MR) is 95.9 cm³/mol.